The molecule has 0 saturated carbocycles. The fourth-order valence-electron chi connectivity index (χ4n) is 2.32. The second kappa shape index (κ2) is 8.27. The van der Waals surface area contributed by atoms with Gasteiger partial charge in [0.25, 0.3) is 0 Å². The SMILES string of the molecule is CCCC(OCC)C(NCC)c1nccn1CC. The minimum Gasteiger partial charge on any atom is -0.376 e. The first-order chi connectivity index (χ1) is 8.78. The van der Waals surface area contributed by atoms with E-state index in [2.05, 4.69) is 42.6 Å². The average molecular weight is 253 g/mol. The first-order valence-electron chi connectivity index (χ1n) is 7.14. The van der Waals surface area contributed by atoms with E-state index in [0.717, 1.165) is 38.4 Å². The van der Waals surface area contributed by atoms with Crippen molar-refractivity contribution >= 4 is 0 Å². The van der Waals surface area contributed by atoms with Gasteiger partial charge in [-0.15, -0.1) is 0 Å². The second-order valence-electron chi connectivity index (χ2n) is 4.39. The normalized spacial score (nSPS) is 14.7. The number of nitrogens with one attached hydrogen (secondary N) is 1. The van der Waals surface area contributed by atoms with Crippen LogP contribution in [0.3, 0.4) is 0 Å². The molecule has 4 heteroatoms. The van der Waals surface area contributed by atoms with Crippen molar-refractivity contribution in [2.45, 2.75) is 59.2 Å². The van der Waals surface area contributed by atoms with Crippen molar-refractivity contribution in [3.05, 3.63) is 18.2 Å². The van der Waals surface area contributed by atoms with Crippen LogP contribution in [0.1, 0.15) is 52.4 Å². The van der Waals surface area contributed by atoms with Gasteiger partial charge >= 0.3 is 0 Å². The van der Waals surface area contributed by atoms with Gasteiger partial charge in [0.1, 0.15) is 5.82 Å². The van der Waals surface area contributed by atoms with Gasteiger partial charge in [-0.3, -0.25) is 0 Å². The topological polar surface area (TPSA) is 39.1 Å². The maximum Gasteiger partial charge on any atom is 0.128 e. The number of aromatic nitrogens is 2. The second-order valence-corrected chi connectivity index (χ2v) is 4.39. The van der Waals surface area contributed by atoms with Crippen molar-refractivity contribution in [1.29, 1.82) is 0 Å². The number of rotatable bonds is 9. The molecule has 1 aromatic rings. The molecule has 0 amide bonds. The van der Waals surface area contributed by atoms with E-state index in [1.165, 1.54) is 0 Å². The van der Waals surface area contributed by atoms with Gasteiger partial charge in [0.2, 0.25) is 0 Å². The first-order valence-corrected chi connectivity index (χ1v) is 7.14. The predicted molar refractivity (Wildman–Crippen MR) is 74.6 cm³/mol. The summed E-state index contributed by atoms with van der Waals surface area (Å²) in [6.07, 6.45) is 6.29. The molecule has 1 N–H and O–H groups in total. The van der Waals surface area contributed by atoms with Gasteiger partial charge in [-0.05, 0) is 26.8 Å². The van der Waals surface area contributed by atoms with Crippen LogP contribution in [-0.2, 0) is 11.3 Å². The molecule has 0 spiro atoms. The molecule has 2 atom stereocenters. The summed E-state index contributed by atoms with van der Waals surface area (Å²) in [5.41, 5.74) is 0. The Kier molecular flexibility index (Phi) is 6.98. The Labute approximate surface area is 111 Å². The van der Waals surface area contributed by atoms with E-state index in [9.17, 15) is 0 Å². The van der Waals surface area contributed by atoms with Crippen molar-refractivity contribution < 1.29 is 4.74 Å². The van der Waals surface area contributed by atoms with Crippen LogP contribution in [-0.4, -0.2) is 28.8 Å². The highest BCUT2D eigenvalue weighted by molar-refractivity contribution is 5.02. The molecule has 0 saturated heterocycles. The number of hydrogen-bond acceptors (Lipinski definition) is 3. The summed E-state index contributed by atoms with van der Waals surface area (Å²) in [7, 11) is 0. The Morgan fingerprint density at radius 2 is 2.11 bits per heavy atom. The molecule has 0 aliphatic rings. The molecule has 18 heavy (non-hydrogen) atoms. The molecule has 0 bridgehead atoms. The summed E-state index contributed by atoms with van der Waals surface area (Å²) in [6.45, 7) is 11.1. The number of ether oxygens (including phenoxy) is 1. The van der Waals surface area contributed by atoms with E-state index in [0.29, 0.717) is 0 Å². The van der Waals surface area contributed by atoms with Gasteiger partial charge in [-0.25, -0.2) is 4.98 Å². The third kappa shape index (κ3) is 3.82. The molecule has 104 valence electrons. The molecule has 0 aliphatic carbocycles. The molecular weight excluding hydrogens is 226 g/mol. The van der Waals surface area contributed by atoms with Gasteiger partial charge in [0, 0.05) is 25.5 Å². The highest BCUT2D eigenvalue weighted by atomic mass is 16.5. The zero-order valence-corrected chi connectivity index (χ0v) is 12.1. The Morgan fingerprint density at radius 1 is 1.33 bits per heavy atom. The molecule has 1 rings (SSSR count). The summed E-state index contributed by atoms with van der Waals surface area (Å²) in [4.78, 5) is 4.51. The molecular formula is C14H27N3O. The van der Waals surface area contributed by atoms with Crippen molar-refractivity contribution in [2.24, 2.45) is 0 Å². The van der Waals surface area contributed by atoms with E-state index in [1.54, 1.807) is 0 Å². The van der Waals surface area contributed by atoms with E-state index in [1.807, 2.05) is 12.4 Å². The Hall–Kier alpha value is -0.870. The van der Waals surface area contributed by atoms with Gasteiger partial charge in [-0.1, -0.05) is 20.3 Å². The van der Waals surface area contributed by atoms with E-state index in [-0.39, 0.29) is 12.1 Å². The van der Waals surface area contributed by atoms with Crippen LogP contribution in [0.4, 0.5) is 0 Å². The van der Waals surface area contributed by atoms with Crippen LogP contribution >= 0.6 is 0 Å². The lowest BCUT2D eigenvalue weighted by Crippen LogP contribution is -2.36. The summed E-state index contributed by atoms with van der Waals surface area (Å²) in [5, 5.41) is 3.52. The van der Waals surface area contributed by atoms with Crippen LogP contribution in [0.15, 0.2) is 12.4 Å². The van der Waals surface area contributed by atoms with Gasteiger partial charge in [-0.2, -0.15) is 0 Å². The van der Waals surface area contributed by atoms with Gasteiger partial charge in [0.15, 0.2) is 0 Å². The summed E-state index contributed by atoms with van der Waals surface area (Å²) in [6, 6.07) is 0.185. The van der Waals surface area contributed by atoms with Crippen LogP contribution in [0, 0.1) is 0 Å². The molecule has 1 aromatic heterocycles. The molecule has 0 aromatic carbocycles. The molecule has 4 nitrogen and oxygen atoms in total. The third-order valence-electron chi connectivity index (χ3n) is 3.12. The smallest absolute Gasteiger partial charge is 0.128 e. The third-order valence-corrected chi connectivity index (χ3v) is 3.12. The summed E-state index contributed by atoms with van der Waals surface area (Å²) < 4.78 is 8.09. The quantitative estimate of drug-likeness (QED) is 0.735. The molecule has 0 fully saturated rings. The number of aryl methyl sites for hydroxylation is 1. The fourth-order valence-corrected chi connectivity index (χ4v) is 2.32. The van der Waals surface area contributed by atoms with Gasteiger partial charge in [0.05, 0.1) is 12.1 Å². The fraction of sp³-hybridized carbons (Fsp3) is 0.786. The number of imidazole rings is 1. The van der Waals surface area contributed by atoms with E-state index >= 15 is 0 Å². The largest absolute Gasteiger partial charge is 0.376 e. The van der Waals surface area contributed by atoms with E-state index in [4.69, 9.17) is 4.74 Å². The van der Waals surface area contributed by atoms with Crippen LogP contribution in [0.5, 0.6) is 0 Å². The predicted octanol–water partition coefficient (Wildman–Crippen LogP) is 2.76. The first kappa shape index (κ1) is 15.2. The van der Waals surface area contributed by atoms with Crippen molar-refractivity contribution in [3.63, 3.8) is 0 Å². The lowest BCUT2D eigenvalue weighted by Gasteiger charge is -2.27. The minimum absolute atomic E-state index is 0.185. The lowest BCUT2D eigenvalue weighted by atomic mass is 10.1. The zero-order chi connectivity index (χ0) is 13.4. The molecule has 1 heterocycles. The van der Waals surface area contributed by atoms with Gasteiger partial charge < -0.3 is 14.6 Å². The molecule has 0 aliphatic heterocycles. The Morgan fingerprint density at radius 3 is 2.67 bits per heavy atom. The van der Waals surface area contributed by atoms with Crippen LogP contribution in [0.25, 0.3) is 0 Å². The minimum atomic E-state index is 0.185. The maximum atomic E-state index is 5.90. The average Bonchev–Trinajstić information content (AvgIpc) is 2.84. The van der Waals surface area contributed by atoms with Crippen molar-refractivity contribution in [2.75, 3.05) is 13.2 Å². The lowest BCUT2D eigenvalue weighted by molar-refractivity contribution is 0.0249. The highest BCUT2D eigenvalue weighted by Gasteiger charge is 2.25. The molecule has 0 radical (unpaired) electrons. The number of nitrogens with zero attached hydrogens (tertiary/aromatic N) is 2. The van der Waals surface area contributed by atoms with Crippen LogP contribution in [0.2, 0.25) is 0 Å². The van der Waals surface area contributed by atoms with Crippen molar-refractivity contribution in [3.8, 4) is 0 Å². The van der Waals surface area contributed by atoms with E-state index < -0.39 is 0 Å². The monoisotopic (exact) mass is 253 g/mol. The van der Waals surface area contributed by atoms with Crippen molar-refractivity contribution in [1.82, 2.24) is 14.9 Å². The Bertz CT molecular complexity index is 319. The zero-order valence-electron chi connectivity index (χ0n) is 12.1. The van der Waals surface area contributed by atoms with Crippen LogP contribution < -0.4 is 5.32 Å². The maximum absolute atomic E-state index is 5.90. The number of hydrogen-bond donors (Lipinski definition) is 1. The number of likely N-dealkylation sites (N-methyl/N-ethyl adjacent to an activating group) is 1. The highest BCUT2D eigenvalue weighted by Crippen LogP contribution is 2.21. The summed E-state index contributed by atoms with van der Waals surface area (Å²) in [5.74, 6) is 1.09. The molecule has 2 unspecified atom stereocenters. The standard InChI is InChI=1S/C14H27N3O/c1-5-9-12(18-8-4)13(15-6-2)14-16-10-11-17(14)7-3/h10-13,15H,5-9H2,1-4H3. The Balaban J connectivity index is 2.91. The summed E-state index contributed by atoms with van der Waals surface area (Å²) >= 11 is 0.